The van der Waals surface area contributed by atoms with E-state index in [1.54, 1.807) is 24.3 Å². The minimum absolute atomic E-state index is 0.346. The molecule has 1 aromatic carbocycles. The van der Waals surface area contributed by atoms with Gasteiger partial charge in [0.1, 0.15) is 11.3 Å². The minimum Gasteiger partial charge on any atom is -0.494 e. The largest absolute Gasteiger partial charge is 0.494 e. The topological polar surface area (TPSA) is 88.4 Å². The van der Waals surface area contributed by atoms with Crippen LogP contribution in [0, 0.1) is 11.3 Å². The van der Waals surface area contributed by atoms with Crippen molar-refractivity contribution in [2.45, 2.75) is 44.6 Å². The minimum atomic E-state index is -0.819. The molecule has 1 aromatic rings. The summed E-state index contributed by atoms with van der Waals surface area (Å²) < 4.78 is 10.3. The van der Waals surface area contributed by atoms with Gasteiger partial charge in [0.2, 0.25) is 0 Å². The van der Waals surface area contributed by atoms with Gasteiger partial charge in [0.15, 0.2) is 6.61 Å². The third-order valence-electron chi connectivity index (χ3n) is 4.04. The molecular formula is C18H22N2O4. The number of nitrogens with zero attached hydrogens (tertiary/aromatic N) is 1. The summed E-state index contributed by atoms with van der Waals surface area (Å²) in [6.07, 6.45) is 4.19. The molecule has 1 aliphatic rings. The number of nitrogens with one attached hydrogen (secondary N) is 1. The number of nitriles is 1. The lowest BCUT2D eigenvalue weighted by Gasteiger charge is -2.31. The van der Waals surface area contributed by atoms with E-state index in [4.69, 9.17) is 9.47 Å². The van der Waals surface area contributed by atoms with E-state index >= 15 is 0 Å². The fourth-order valence-electron chi connectivity index (χ4n) is 2.79. The molecule has 0 aliphatic heterocycles. The quantitative estimate of drug-likeness (QED) is 0.810. The van der Waals surface area contributed by atoms with Crippen LogP contribution < -0.4 is 10.1 Å². The Morgan fingerprint density at radius 1 is 1.21 bits per heavy atom. The van der Waals surface area contributed by atoms with Crippen LogP contribution in [0.25, 0.3) is 0 Å². The Kier molecular flexibility index (Phi) is 6.19. The monoisotopic (exact) mass is 330 g/mol. The molecule has 0 bridgehead atoms. The van der Waals surface area contributed by atoms with Gasteiger partial charge in [-0.05, 0) is 44.0 Å². The number of carbonyl (C=O) groups excluding carboxylic acids is 2. The highest BCUT2D eigenvalue weighted by Gasteiger charge is 2.33. The maximum Gasteiger partial charge on any atom is 0.338 e. The van der Waals surface area contributed by atoms with Crippen molar-refractivity contribution in [1.82, 2.24) is 5.32 Å². The summed E-state index contributed by atoms with van der Waals surface area (Å²) in [5.41, 5.74) is -0.472. The van der Waals surface area contributed by atoms with Crippen molar-refractivity contribution in [2.24, 2.45) is 0 Å². The number of hydrogen-bond acceptors (Lipinski definition) is 5. The van der Waals surface area contributed by atoms with E-state index < -0.39 is 24.0 Å². The summed E-state index contributed by atoms with van der Waals surface area (Å²) >= 11 is 0. The van der Waals surface area contributed by atoms with Crippen molar-refractivity contribution < 1.29 is 19.1 Å². The lowest BCUT2D eigenvalue weighted by molar-refractivity contribution is -0.125. The molecular weight excluding hydrogens is 308 g/mol. The third kappa shape index (κ3) is 4.72. The Balaban J connectivity index is 1.84. The molecule has 1 N–H and O–H groups in total. The van der Waals surface area contributed by atoms with Gasteiger partial charge in [-0.25, -0.2) is 4.79 Å². The second kappa shape index (κ2) is 8.34. The molecule has 0 spiro atoms. The Bertz CT molecular complexity index is 613. The van der Waals surface area contributed by atoms with E-state index in [0.29, 0.717) is 30.8 Å². The van der Waals surface area contributed by atoms with Gasteiger partial charge in [-0.15, -0.1) is 0 Å². The first kappa shape index (κ1) is 17.8. The summed E-state index contributed by atoms with van der Waals surface area (Å²) in [4.78, 5) is 23.9. The Labute approximate surface area is 141 Å². The van der Waals surface area contributed by atoms with Gasteiger partial charge in [-0.2, -0.15) is 5.26 Å². The molecule has 2 rings (SSSR count). The predicted octanol–water partition coefficient (Wildman–Crippen LogP) is 2.58. The standard InChI is InChI=1S/C18H22N2O4/c1-2-23-15-8-6-14(7-9-15)17(22)24-12-16(21)20-18(13-19)10-4-3-5-11-18/h6-9H,2-5,10-12H2,1H3,(H,20,21). The summed E-state index contributed by atoms with van der Waals surface area (Å²) in [6, 6.07) is 8.72. The van der Waals surface area contributed by atoms with E-state index in [2.05, 4.69) is 11.4 Å². The van der Waals surface area contributed by atoms with Crippen LogP contribution in [0.1, 0.15) is 49.4 Å². The Morgan fingerprint density at radius 2 is 1.88 bits per heavy atom. The molecule has 1 fully saturated rings. The number of rotatable bonds is 6. The number of esters is 1. The molecule has 0 heterocycles. The maximum atomic E-state index is 12.0. The van der Waals surface area contributed by atoms with Crippen LogP contribution in [0.15, 0.2) is 24.3 Å². The predicted molar refractivity (Wildman–Crippen MR) is 87.5 cm³/mol. The second-order valence-electron chi connectivity index (χ2n) is 5.84. The van der Waals surface area contributed by atoms with E-state index in [0.717, 1.165) is 19.3 Å². The fraction of sp³-hybridized carbons (Fsp3) is 0.500. The molecule has 0 saturated heterocycles. The van der Waals surface area contributed by atoms with Crippen LogP contribution in [0.3, 0.4) is 0 Å². The first-order valence-corrected chi connectivity index (χ1v) is 8.21. The highest BCUT2D eigenvalue weighted by molar-refractivity contribution is 5.91. The van der Waals surface area contributed by atoms with Gasteiger partial charge in [-0.3, -0.25) is 4.79 Å². The van der Waals surface area contributed by atoms with Gasteiger partial charge in [0.25, 0.3) is 5.91 Å². The normalized spacial score (nSPS) is 15.8. The van der Waals surface area contributed by atoms with Crippen LogP contribution in [0.2, 0.25) is 0 Å². The van der Waals surface area contributed by atoms with Gasteiger partial charge < -0.3 is 14.8 Å². The Morgan fingerprint density at radius 3 is 2.46 bits per heavy atom. The zero-order chi connectivity index (χ0) is 17.4. The van der Waals surface area contributed by atoms with Crippen LogP contribution in [0.4, 0.5) is 0 Å². The van der Waals surface area contributed by atoms with Gasteiger partial charge in [0.05, 0.1) is 18.2 Å². The molecule has 1 aliphatic carbocycles. The lowest BCUT2D eigenvalue weighted by atomic mass is 9.83. The molecule has 0 aromatic heterocycles. The molecule has 24 heavy (non-hydrogen) atoms. The third-order valence-corrected chi connectivity index (χ3v) is 4.04. The summed E-state index contributed by atoms with van der Waals surface area (Å²) in [5.74, 6) is -0.361. The van der Waals surface area contributed by atoms with Crippen LogP contribution in [0.5, 0.6) is 5.75 Å². The molecule has 0 atom stereocenters. The number of carbonyl (C=O) groups is 2. The van der Waals surface area contributed by atoms with Crippen LogP contribution in [-0.2, 0) is 9.53 Å². The van der Waals surface area contributed by atoms with Crippen molar-refractivity contribution >= 4 is 11.9 Å². The molecule has 6 nitrogen and oxygen atoms in total. The van der Waals surface area contributed by atoms with Crippen LogP contribution in [-0.4, -0.2) is 30.6 Å². The van der Waals surface area contributed by atoms with Gasteiger partial charge in [0, 0.05) is 0 Å². The van der Waals surface area contributed by atoms with E-state index in [9.17, 15) is 14.9 Å². The van der Waals surface area contributed by atoms with Crippen molar-refractivity contribution in [1.29, 1.82) is 5.26 Å². The zero-order valence-corrected chi connectivity index (χ0v) is 13.8. The zero-order valence-electron chi connectivity index (χ0n) is 13.8. The average molecular weight is 330 g/mol. The lowest BCUT2D eigenvalue weighted by Crippen LogP contribution is -2.50. The van der Waals surface area contributed by atoms with Crippen molar-refractivity contribution in [3.05, 3.63) is 29.8 Å². The number of hydrogen-bond donors (Lipinski definition) is 1. The molecule has 0 radical (unpaired) electrons. The summed E-state index contributed by atoms with van der Waals surface area (Å²) in [5, 5.41) is 12.0. The summed E-state index contributed by atoms with van der Waals surface area (Å²) in [6.45, 7) is 2.03. The first-order valence-electron chi connectivity index (χ1n) is 8.21. The second-order valence-corrected chi connectivity index (χ2v) is 5.84. The Hall–Kier alpha value is -2.55. The smallest absolute Gasteiger partial charge is 0.338 e. The molecule has 1 amide bonds. The molecule has 1 saturated carbocycles. The van der Waals surface area contributed by atoms with Gasteiger partial charge in [-0.1, -0.05) is 19.3 Å². The maximum absolute atomic E-state index is 12.0. The fourth-order valence-corrected chi connectivity index (χ4v) is 2.79. The average Bonchev–Trinajstić information content (AvgIpc) is 2.61. The highest BCUT2D eigenvalue weighted by atomic mass is 16.5. The van der Waals surface area contributed by atoms with E-state index in [1.165, 1.54) is 0 Å². The van der Waals surface area contributed by atoms with Crippen LogP contribution >= 0.6 is 0 Å². The molecule has 0 unspecified atom stereocenters. The van der Waals surface area contributed by atoms with E-state index in [-0.39, 0.29) is 0 Å². The van der Waals surface area contributed by atoms with Crippen molar-refractivity contribution in [2.75, 3.05) is 13.2 Å². The molecule has 128 valence electrons. The van der Waals surface area contributed by atoms with E-state index in [1.807, 2.05) is 6.92 Å². The SMILES string of the molecule is CCOc1ccc(C(=O)OCC(=O)NC2(C#N)CCCCC2)cc1. The number of benzene rings is 1. The van der Waals surface area contributed by atoms with Gasteiger partial charge >= 0.3 is 5.97 Å². The first-order chi connectivity index (χ1) is 11.6. The van der Waals surface area contributed by atoms with Crippen molar-refractivity contribution in [3.8, 4) is 11.8 Å². The number of ether oxygens (including phenoxy) is 2. The van der Waals surface area contributed by atoms with Crippen molar-refractivity contribution in [3.63, 3.8) is 0 Å². The highest BCUT2D eigenvalue weighted by Crippen LogP contribution is 2.27. The molecule has 6 heteroatoms. The number of amides is 1. The summed E-state index contributed by atoms with van der Waals surface area (Å²) in [7, 11) is 0.